The second-order valence-corrected chi connectivity index (χ2v) is 4.84. The zero-order valence-corrected chi connectivity index (χ0v) is 11.6. The van der Waals surface area contributed by atoms with Crippen LogP contribution in [0.1, 0.15) is 32.6 Å². The molecule has 1 fully saturated rings. The second kappa shape index (κ2) is 8.08. The molecule has 0 spiro atoms. The van der Waals surface area contributed by atoms with Crippen LogP contribution in [-0.4, -0.2) is 61.4 Å². The van der Waals surface area contributed by atoms with Crippen molar-refractivity contribution in [3.63, 3.8) is 0 Å². The van der Waals surface area contributed by atoms with Gasteiger partial charge in [0.2, 0.25) is 11.8 Å². The summed E-state index contributed by atoms with van der Waals surface area (Å²) in [4.78, 5) is 27.1. The molecule has 5 nitrogen and oxygen atoms in total. The third kappa shape index (κ3) is 5.04. The van der Waals surface area contributed by atoms with Crippen molar-refractivity contribution in [2.45, 2.75) is 32.6 Å². The van der Waals surface area contributed by atoms with Crippen LogP contribution in [0.5, 0.6) is 0 Å². The molecule has 18 heavy (non-hydrogen) atoms. The Balaban J connectivity index is 2.27. The molecule has 1 rings (SSSR count). The fourth-order valence-electron chi connectivity index (χ4n) is 2.02. The molecule has 104 valence electrons. The first-order valence-corrected chi connectivity index (χ1v) is 6.87. The van der Waals surface area contributed by atoms with E-state index in [2.05, 4.69) is 12.2 Å². The van der Waals surface area contributed by atoms with Crippen molar-refractivity contribution in [3.8, 4) is 0 Å². The Morgan fingerprint density at radius 2 is 1.89 bits per heavy atom. The molecule has 2 amide bonds. The van der Waals surface area contributed by atoms with Crippen molar-refractivity contribution in [1.82, 2.24) is 15.1 Å². The quantitative estimate of drug-likeness (QED) is 0.701. The standard InChI is InChI=1S/C13H25N3O2/c1-3-4-5-6-12(17)15(2)11-13(18)16-9-7-14-8-10-16/h14H,3-11H2,1-2H3. The lowest BCUT2D eigenvalue weighted by atomic mass is 10.2. The lowest BCUT2D eigenvalue weighted by Gasteiger charge is -2.29. The zero-order valence-electron chi connectivity index (χ0n) is 11.6. The molecule has 0 radical (unpaired) electrons. The molecule has 1 saturated heterocycles. The van der Waals surface area contributed by atoms with E-state index in [-0.39, 0.29) is 18.4 Å². The number of carbonyl (C=O) groups is 2. The Labute approximate surface area is 110 Å². The van der Waals surface area contributed by atoms with Crippen molar-refractivity contribution < 1.29 is 9.59 Å². The van der Waals surface area contributed by atoms with Gasteiger partial charge in [0.25, 0.3) is 0 Å². The van der Waals surface area contributed by atoms with Gasteiger partial charge in [0, 0.05) is 39.6 Å². The van der Waals surface area contributed by atoms with Gasteiger partial charge < -0.3 is 15.1 Å². The van der Waals surface area contributed by atoms with Crippen LogP contribution >= 0.6 is 0 Å². The molecule has 0 unspecified atom stereocenters. The minimum atomic E-state index is 0.0582. The zero-order chi connectivity index (χ0) is 13.4. The highest BCUT2D eigenvalue weighted by atomic mass is 16.2. The van der Waals surface area contributed by atoms with Crippen LogP contribution in [0.25, 0.3) is 0 Å². The molecule has 1 heterocycles. The van der Waals surface area contributed by atoms with Crippen molar-refractivity contribution in [1.29, 1.82) is 0 Å². The Bertz CT molecular complexity index is 275. The molecule has 0 aromatic carbocycles. The summed E-state index contributed by atoms with van der Waals surface area (Å²) in [6, 6.07) is 0. The van der Waals surface area contributed by atoms with Gasteiger partial charge in [0.15, 0.2) is 0 Å². The number of unbranched alkanes of at least 4 members (excludes halogenated alkanes) is 2. The summed E-state index contributed by atoms with van der Waals surface area (Å²) in [6.07, 6.45) is 3.66. The topological polar surface area (TPSA) is 52.7 Å². The Hall–Kier alpha value is -1.10. The van der Waals surface area contributed by atoms with Gasteiger partial charge in [-0.1, -0.05) is 19.8 Å². The van der Waals surface area contributed by atoms with E-state index in [1.807, 2.05) is 4.90 Å². The molecule has 5 heteroatoms. The van der Waals surface area contributed by atoms with Crippen LogP contribution in [0, 0.1) is 0 Å². The Morgan fingerprint density at radius 1 is 1.22 bits per heavy atom. The molecule has 0 aliphatic carbocycles. The normalized spacial score (nSPS) is 15.6. The van der Waals surface area contributed by atoms with Gasteiger partial charge in [-0.25, -0.2) is 0 Å². The van der Waals surface area contributed by atoms with Crippen LogP contribution in [-0.2, 0) is 9.59 Å². The third-order valence-electron chi connectivity index (χ3n) is 3.26. The molecule has 0 aromatic heterocycles. The molecule has 1 aliphatic rings. The number of rotatable bonds is 6. The largest absolute Gasteiger partial charge is 0.339 e. The summed E-state index contributed by atoms with van der Waals surface area (Å²) in [5, 5.41) is 3.21. The predicted molar refractivity (Wildman–Crippen MR) is 71.2 cm³/mol. The first-order valence-electron chi connectivity index (χ1n) is 6.87. The first-order chi connectivity index (χ1) is 8.65. The summed E-state index contributed by atoms with van der Waals surface area (Å²) in [5.41, 5.74) is 0. The highest BCUT2D eigenvalue weighted by molar-refractivity contribution is 5.84. The smallest absolute Gasteiger partial charge is 0.242 e. The van der Waals surface area contributed by atoms with Crippen molar-refractivity contribution in [3.05, 3.63) is 0 Å². The maximum absolute atomic E-state index is 11.9. The molecule has 0 bridgehead atoms. The molecule has 0 saturated carbocycles. The van der Waals surface area contributed by atoms with Gasteiger partial charge in [-0.15, -0.1) is 0 Å². The van der Waals surface area contributed by atoms with Crippen LogP contribution in [0.15, 0.2) is 0 Å². The summed E-state index contributed by atoms with van der Waals surface area (Å²) < 4.78 is 0. The predicted octanol–water partition coefficient (Wildman–Crippen LogP) is 0.457. The number of hydrogen-bond donors (Lipinski definition) is 1. The maximum atomic E-state index is 11.9. The summed E-state index contributed by atoms with van der Waals surface area (Å²) >= 11 is 0. The number of piperazine rings is 1. The highest BCUT2D eigenvalue weighted by Crippen LogP contribution is 2.03. The Morgan fingerprint density at radius 3 is 2.50 bits per heavy atom. The van der Waals surface area contributed by atoms with E-state index in [1.165, 1.54) is 0 Å². The van der Waals surface area contributed by atoms with E-state index in [1.54, 1.807) is 11.9 Å². The van der Waals surface area contributed by atoms with E-state index in [0.29, 0.717) is 6.42 Å². The summed E-state index contributed by atoms with van der Waals surface area (Å²) in [6.45, 7) is 5.51. The summed E-state index contributed by atoms with van der Waals surface area (Å²) in [5.74, 6) is 0.134. The third-order valence-corrected chi connectivity index (χ3v) is 3.26. The van der Waals surface area contributed by atoms with Crippen LogP contribution in [0.2, 0.25) is 0 Å². The van der Waals surface area contributed by atoms with E-state index in [0.717, 1.165) is 45.4 Å². The van der Waals surface area contributed by atoms with Gasteiger partial charge in [-0.05, 0) is 6.42 Å². The SMILES string of the molecule is CCCCCC(=O)N(C)CC(=O)N1CCNCC1. The second-order valence-electron chi connectivity index (χ2n) is 4.84. The van der Waals surface area contributed by atoms with Gasteiger partial charge in [0.05, 0.1) is 6.54 Å². The van der Waals surface area contributed by atoms with Gasteiger partial charge in [-0.2, -0.15) is 0 Å². The van der Waals surface area contributed by atoms with Crippen LogP contribution in [0.4, 0.5) is 0 Å². The van der Waals surface area contributed by atoms with E-state index >= 15 is 0 Å². The lowest BCUT2D eigenvalue weighted by molar-refractivity contribution is -0.139. The number of nitrogens with zero attached hydrogens (tertiary/aromatic N) is 2. The average Bonchev–Trinajstić information content (AvgIpc) is 2.39. The molecule has 0 atom stereocenters. The minimum Gasteiger partial charge on any atom is -0.339 e. The van der Waals surface area contributed by atoms with Gasteiger partial charge in [0.1, 0.15) is 0 Å². The lowest BCUT2D eigenvalue weighted by Crippen LogP contribution is -2.49. The number of nitrogens with one attached hydrogen (secondary N) is 1. The minimum absolute atomic E-state index is 0.0582. The molecular formula is C13H25N3O2. The average molecular weight is 255 g/mol. The molecular weight excluding hydrogens is 230 g/mol. The van der Waals surface area contributed by atoms with E-state index < -0.39 is 0 Å². The number of carbonyl (C=O) groups excluding carboxylic acids is 2. The number of likely N-dealkylation sites (N-methyl/N-ethyl adjacent to an activating group) is 1. The fourth-order valence-corrected chi connectivity index (χ4v) is 2.02. The van der Waals surface area contributed by atoms with Crippen LogP contribution in [0.3, 0.4) is 0 Å². The summed E-state index contributed by atoms with van der Waals surface area (Å²) in [7, 11) is 1.72. The monoisotopic (exact) mass is 255 g/mol. The van der Waals surface area contributed by atoms with Crippen molar-refractivity contribution in [2.75, 3.05) is 39.8 Å². The Kier molecular flexibility index (Phi) is 6.72. The van der Waals surface area contributed by atoms with Crippen LogP contribution < -0.4 is 5.32 Å². The van der Waals surface area contributed by atoms with Crippen molar-refractivity contribution in [2.24, 2.45) is 0 Å². The highest BCUT2D eigenvalue weighted by Gasteiger charge is 2.19. The molecule has 1 aliphatic heterocycles. The maximum Gasteiger partial charge on any atom is 0.242 e. The first kappa shape index (κ1) is 15.0. The van der Waals surface area contributed by atoms with Crippen molar-refractivity contribution >= 4 is 11.8 Å². The molecule has 1 N–H and O–H groups in total. The number of hydrogen-bond acceptors (Lipinski definition) is 3. The molecule has 0 aromatic rings. The fraction of sp³-hybridized carbons (Fsp3) is 0.846. The number of amides is 2. The van der Waals surface area contributed by atoms with Gasteiger partial charge >= 0.3 is 0 Å². The van der Waals surface area contributed by atoms with Gasteiger partial charge in [-0.3, -0.25) is 9.59 Å². The van der Waals surface area contributed by atoms with E-state index in [9.17, 15) is 9.59 Å². The van der Waals surface area contributed by atoms with E-state index in [4.69, 9.17) is 0 Å².